The summed E-state index contributed by atoms with van der Waals surface area (Å²) in [6.07, 6.45) is 2.02. The van der Waals surface area contributed by atoms with Gasteiger partial charge in [-0.15, -0.1) is 0 Å². The predicted molar refractivity (Wildman–Crippen MR) is 138 cm³/mol. The minimum Gasteiger partial charge on any atom is -0.495 e. The molecule has 2 heterocycles. The highest BCUT2D eigenvalue weighted by atomic mass is 35.5. The molecule has 1 aromatic heterocycles. The van der Waals surface area contributed by atoms with Crippen LogP contribution in [-0.4, -0.2) is 23.5 Å². The van der Waals surface area contributed by atoms with E-state index in [9.17, 15) is 9.59 Å². The number of benzene rings is 3. The van der Waals surface area contributed by atoms with Gasteiger partial charge in [0, 0.05) is 34.7 Å². The molecule has 0 bridgehead atoms. The summed E-state index contributed by atoms with van der Waals surface area (Å²) in [4.78, 5) is 28.2. The number of ether oxygens (including phenoxy) is 1. The highest BCUT2D eigenvalue weighted by Crippen LogP contribution is 2.32. The van der Waals surface area contributed by atoms with Crippen LogP contribution in [0.15, 0.2) is 79.0 Å². The van der Waals surface area contributed by atoms with Crippen molar-refractivity contribution < 1.29 is 14.3 Å². The molecule has 176 valence electrons. The molecule has 0 aliphatic carbocycles. The normalized spacial score (nSPS) is 12.4. The molecule has 2 amide bonds. The number of aromatic nitrogens is 1. The van der Waals surface area contributed by atoms with E-state index in [0.29, 0.717) is 35.1 Å². The molecule has 5 rings (SSSR count). The van der Waals surface area contributed by atoms with Crippen LogP contribution < -0.4 is 15.0 Å². The number of rotatable bonds is 4. The number of halogens is 2. The molecule has 4 aromatic rings. The number of carbonyl (C=O) groups is 2. The quantitative estimate of drug-likeness (QED) is 0.355. The van der Waals surface area contributed by atoms with Crippen molar-refractivity contribution in [1.82, 2.24) is 4.57 Å². The topological polar surface area (TPSA) is 63.6 Å². The van der Waals surface area contributed by atoms with Crippen LogP contribution in [0.1, 0.15) is 32.0 Å². The van der Waals surface area contributed by atoms with Gasteiger partial charge in [0.1, 0.15) is 5.75 Å². The first-order valence-electron chi connectivity index (χ1n) is 10.9. The summed E-state index contributed by atoms with van der Waals surface area (Å²) in [5.41, 5.74) is 4.12. The molecule has 35 heavy (non-hydrogen) atoms. The van der Waals surface area contributed by atoms with Gasteiger partial charge >= 0.3 is 0 Å². The summed E-state index contributed by atoms with van der Waals surface area (Å²) >= 11 is 12.1. The Hall–Kier alpha value is -3.74. The molecule has 1 aliphatic heterocycles. The monoisotopic (exact) mass is 505 g/mol. The minimum atomic E-state index is -0.411. The predicted octanol–water partition coefficient (Wildman–Crippen LogP) is 6.26. The molecule has 0 saturated carbocycles. The van der Waals surface area contributed by atoms with Crippen LogP contribution in [-0.2, 0) is 13.1 Å². The molecule has 0 saturated heterocycles. The summed E-state index contributed by atoms with van der Waals surface area (Å²) in [6.45, 7) is 1.14. The molecular formula is C27H21Cl2N3O3. The zero-order valence-corrected chi connectivity index (χ0v) is 20.3. The maximum absolute atomic E-state index is 13.7. The first kappa shape index (κ1) is 23.0. The summed E-state index contributed by atoms with van der Waals surface area (Å²) in [5, 5.41) is 3.48. The summed E-state index contributed by atoms with van der Waals surface area (Å²) < 4.78 is 7.65. The third-order valence-electron chi connectivity index (χ3n) is 5.98. The zero-order chi connectivity index (χ0) is 24.5. The van der Waals surface area contributed by atoms with Crippen LogP contribution in [0.2, 0.25) is 10.0 Å². The molecule has 0 unspecified atom stereocenters. The second kappa shape index (κ2) is 9.49. The molecule has 1 aliphatic rings. The van der Waals surface area contributed by atoms with Crippen LogP contribution in [0.25, 0.3) is 0 Å². The second-order valence-electron chi connectivity index (χ2n) is 8.14. The molecule has 8 heteroatoms. The van der Waals surface area contributed by atoms with Gasteiger partial charge < -0.3 is 19.5 Å². The lowest BCUT2D eigenvalue weighted by Gasteiger charge is -2.23. The molecule has 0 fully saturated rings. The molecule has 0 spiro atoms. The molecular weight excluding hydrogens is 485 g/mol. The van der Waals surface area contributed by atoms with E-state index in [1.54, 1.807) is 35.2 Å². The SMILES string of the molecule is COc1cc(C(=O)N2Cc3cccn3Cc3ccccc32)ccc1NC(=O)c1ccc(Cl)cc1Cl. The van der Waals surface area contributed by atoms with Gasteiger partial charge in [-0.3, -0.25) is 9.59 Å². The van der Waals surface area contributed by atoms with E-state index in [-0.39, 0.29) is 16.5 Å². The fourth-order valence-electron chi connectivity index (χ4n) is 4.21. The van der Waals surface area contributed by atoms with Crippen LogP contribution in [0.4, 0.5) is 11.4 Å². The number of para-hydroxylation sites is 1. The van der Waals surface area contributed by atoms with Crippen molar-refractivity contribution in [2.24, 2.45) is 0 Å². The van der Waals surface area contributed by atoms with Crippen LogP contribution in [0.3, 0.4) is 0 Å². The fourth-order valence-corrected chi connectivity index (χ4v) is 4.71. The summed E-state index contributed by atoms with van der Waals surface area (Å²) in [6, 6.07) is 21.5. The first-order chi connectivity index (χ1) is 16.9. The van der Waals surface area contributed by atoms with Crippen molar-refractivity contribution in [2.45, 2.75) is 13.1 Å². The van der Waals surface area contributed by atoms with Crippen molar-refractivity contribution in [1.29, 1.82) is 0 Å². The number of anilines is 2. The number of amides is 2. The van der Waals surface area contributed by atoms with E-state index >= 15 is 0 Å². The number of hydrogen-bond donors (Lipinski definition) is 1. The fraction of sp³-hybridized carbons (Fsp3) is 0.111. The van der Waals surface area contributed by atoms with Crippen LogP contribution in [0.5, 0.6) is 5.75 Å². The Morgan fingerprint density at radius 1 is 0.943 bits per heavy atom. The maximum Gasteiger partial charge on any atom is 0.258 e. The largest absolute Gasteiger partial charge is 0.495 e. The van der Waals surface area contributed by atoms with E-state index < -0.39 is 5.91 Å². The van der Waals surface area contributed by atoms with Gasteiger partial charge in [0.05, 0.1) is 29.9 Å². The Morgan fingerprint density at radius 2 is 1.77 bits per heavy atom. The lowest BCUT2D eigenvalue weighted by molar-refractivity contribution is 0.0983. The molecule has 0 atom stereocenters. The van der Waals surface area contributed by atoms with Crippen LogP contribution >= 0.6 is 23.2 Å². The lowest BCUT2D eigenvalue weighted by atomic mass is 10.1. The van der Waals surface area contributed by atoms with Gasteiger partial charge in [-0.2, -0.15) is 0 Å². The number of nitrogens with zero attached hydrogens (tertiary/aromatic N) is 2. The van der Waals surface area contributed by atoms with Crippen molar-refractivity contribution >= 4 is 46.4 Å². The number of hydrogen-bond acceptors (Lipinski definition) is 3. The van der Waals surface area contributed by atoms with E-state index in [4.69, 9.17) is 27.9 Å². The summed E-state index contributed by atoms with van der Waals surface area (Å²) in [5.74, 6) is -0.212. The van der Waals surface area contributed by atoms with Crippen molar-refractivity contribution in [3.63, 3.8) is 0 Å². The van der Waals surface area contributed by atoms with Crippen LogP contribution in [0, 0.1) is 0 Å². The maximum atomic E-state index is 13.7. The van der Waals surface area contributed by atoms with Gasteiger partial charge in [-0.25, -0.2) is 0 Å². The standard InChI is InChI=1S/C27H21Cl2N3O3/c1-35-25-13-17(8-11-23(25)30-26(33)21-10-9-19(28)14-22(21)29)27(34)32-16-20-6-4-12-31(20)15-18-5-2-3-7-24(18)32/h2-14H,15-16H2,1H3,(H,30,33). The average molecular weight is 506 g/mol. The van der Waals surface area contributed by atoms with Gasteiger partial charge in [0.15, 0.2) is 0 Å². The van der Waals surface area contributed by atoms with E-state index in [0.717, 1.165) is 16.9 Å². The number of nitrogens with one attached hydrogen (secondary N) is 1. The number of fused-ring (bicyclic) bond motifs is 2. The number of carbonyl (C=O) groups excluding carboxylic acids is 2. The zero-order valence-electron chi connectivity index (χ0n) is 18.8. The Bertz CT molecular complexity index is 1450. The van der Waals surface area contributed by atoms with Crippen molar-refractivity contribution in [2.75, 3.05) is 17.3 Å². The van der Waals surface area contributed by atoms with Gasteiger partial charge in [0.2, 0.25) is 0 Å². The highest BCUT2D eigenvalue weighted by Gasteiger charge is 2.25. The third-order valence-corrected chi connectivity index (χ3v) is 6.53. The van der Waals surface area contributed by atoms with Gasteiger partial charge in [0.25, 0.3) is 11.8 Å². The number of methoxy groups -OCH3 is 1. The third kappa shape index (κ3) is 4.50. The first-order valence-corrected chi connectivity index (χ1v) is 11.7. The van der Waals surface area contributed by atoms with Gasteiger partial charge in [-0.05, 0) is 60.2 Å². The van der Waals surface area contributed by atoms with E-state index in [2.05, 4.69) is 9.88 Å². The molecule has 1 N–H and O–H groups in total. The minimum absolute atomic E-state index is 0.163. The average Bonchev–Trinajstić information content (AvgIpc) is 3.22. The Labute approximate surface area is 212 Å². The highest BCUT2D eigenvalue weighted by molar-refractivity contribution is 6.37. The van der Waals surface area contributed by atoms with E-state index in [1.807, 2.05) is 42.6 Å². The smallest absolute Gasteiger partial charge is 0.258 e. The van der Waals surface area contributed by atoms with Crippen molar-refractivity contribution in [3.8, 4) is 5.75 Å². The van der Waals surface area contributed by atoms with Gasteiger partial charge in [-0.1, -0.05) is 41.4 Å². The Kier molecular flexibility index (Phi) is 6.24. The van der Waals surface area contributed by atoms with E-state index in [1.165, 1.54) is 13.2 Å². The molecule has 3 aromatic carbocycles. The Balaban J connectivity index is 1.45. The molecule has 0 radical (unpaired) electrons. The summed E-state index contributed by atoms with van der Waals surface area (Å²) in [7, 11) is 1.49. The Morgan fingerprint density at radius 3 is 2.57 bits per heavy atom. The lowest BCUT2D eigenvalue weighted by Crippen LogP contribution is -2.30. The molecule has 6 nitrogen and oxygen atoms in total. The second-order valence-corrected chi connectivity index (χ2v) is 8.98. The van der Waals surface area contributed by atoms with Crippen molar-refractivity contribution in [3.05, 3.63) is 111 Å².